The Morgan fingerprint density at radius 1 is 1.32 bits per heavy atom. The van der Waals surface area contributed by atoms with Gasteiger partial charge in [-0.25, -0.2) is 13.6 Å². The number of ether oxygens (including phenoxy) is 1. The summed E-state index contributed by atoms with van der Waals surface area (Å²) in [5.41, 5.74) is 2.70. The molecule has 1 aliphatic heterocycles. The van der Waals surface area contributed by atoms with E-state index in [2.05, 4.69) is 10.2 Å². The molecule has 0 bridgehead atoms. The number of H-pyrrole nitrogens is 1. The average Bonchev–Trinajstić information content (AvgIpc) is 3.39. The van der Waals surface area contributed by atoms with Crippen LogP contribution in [-0.2, 0) is 9.53 Å². The third-order valence-electron chi connectivity index (χ3n) is 7.06. The van der Waals surface area contributed by atoms with Crippen LogP contribution in [0.5, 0.6) is 0 Å². The number of fused-ring (bicyclic) bond motifs is 2. The lowest BCUT2D eigenvalue weighted by molar-refractivity contribution is -0.170. The summed E-state index contributed by atoms with van der Waals surface area (Å²) in [5, 5.41) is 17.5. The normalized spacial score (nSPS) is 21.1. The van der Waals surface area contributed by atoms with E-state index in [0.29, 0.717) is 40.2 Å². The first-order valence-corrected chi connectivity index (χ1v) is 11.5. The SMILES string of the molecule is Cc1cc(-n2c(C(C)C)c([C@H]3CC[C@](C)(C(=O)O)OC3)c3c(F)c4[nH]ncc4cc32)ccc1F. The van der Waals surface area contributed by atoms with Crippen LogP contribution in [0.25, 0.3) is 27.5 Å². The van der Waals surface area contributed by atoms with Gasteiger partial charge in [0.05, 0.1) is 18.3 Å². The number of aliphatic carboxylic acids is 1. The van der Waals surface area contributed by atoms with E-state index in [1.807, 2.05) is 24.5 Å². The summed E-state index contributed by atoms with van der Waals surface area (Å²) in [6.07, 6.45) is 2.45. The number of aryl methyl sites for hydroxylation is 1. The molecule has 2 aromatic carbocycles. The average molecular weight is 468 g/mol. The molecule has 0 unspecified atom stereocenters. The molecule has 1 saturated heterocycles. The maximum Gasteiger partial charge on any atom is 0.335 e. The molecule has 178 valence electrons. The van der Waals surface area contributed by atoms with Gasteiger partial charge in [-0.1, -0.05) is 13.8 Å². The van der Waals surface area contributed by atoms with Crippen LogP contribution in [0.3, 0.4) is 0 Å². The van der Waals surface area contributed by atoms with Gasteiger partial charge in [0.15, 0.2) is 11.4 Å². The number of benzene rings is 2. The molecule has 4 aromatic rings. The van der Waals surface area contributed by atoms with Crippen molar-refractivity contribution in [2.75, 3.05) is 6.61 Å². The number of hydrogen-bond acceptors (Lipinski definition) is 3. The standard InChI is InChI=1S/C26H27F2N3O3/c1-13(2)24-20(15-7-8-26(4,25(32)33)34-12-15)21-19(10-16-11-29-30-23(16)22(21)28)31(24)17-5-6-18(27)14(3)9-17/h5-6,9-11,13,15H,7-8,12H2,1-4H3,(H,29,30)(H,32,33)/t15-,26+/m0/s1. The van der Waals surface area contributed by atoms with Gasteiger partial charge < -0.3 is 14.4 Å². The van der Waals surface area contributed by atoms with Crippen molar-refractivity contribution in [3.8, 4) is 5.69 Å². The summed E-state index contributed by atoms with van der Waals surface area (Å²) in [7, 11) is 0. The highest BCUT2D eigenvalue weighted by Gasteiger charge is 2.41. The van der Waals surface area contributed by atoms with Crippen molar-refractivity contribution < 1.29 is 23.4 Å². The molecule has 2 N–H and O–H groups in total. The van der Waals surface area contributed by atoms with Crippen molar-refractivity contribution in [3.63, 3.8) is 0 Å². The maximum absolute atomic E-state index is 16.0. The van der Waals surface area contributed by atoms with Gasteiger partial charge in [0.1, 0.15) is 11.3 Å². The highest BCUT2D eigenvalue weighted by molar-refractivity contribution is 6.00. The van der Waals surface area contributed by atoms with Crippen LogP contribution in [0.4, 0.5) is 8.78 Å². The summed E-state index contributed by atoms with van der Waals surface area (Å²) >= 11 is 0. The third-order valence-corrected chi connectivity index (χ3v) is 7.06. The molecular formula is C26H27F2N3O3. The molecule has 0 amide bonds. The summed E-state index contributed by atoms with van der Waals surface area (Å²) in [4.78, 5) is 11.7. The van der Waals surface area contributed by atoms with Crippen molar-refractivity contribution in [1.82, 2.24) is 14.8 Å². The minimum Gasteiger partial charge on any atom is -0.479 e. The lowest BCUT2D eigenvalue weighted by atomic mass is 9.83. The van der Waals surface area contributed by atoms with Gasteiger partial charge in [0.25, 0.3) is 0 Å². The molecule has 34 heavy (non-hydrogen) atoms. The number of rotatable bonds is 4. The molecule has 0 saturated carbocycles. The molecular weight excluding hydrogens is 440 g/mol. The number of halogens is 2. The summed E-state index contributed by atoms with van der Waals surface area (Å²) in [6, 6.07) is 6.79. The van der Waals surface area contributed by atoms with Gasteiger partial charge in [-0.3, -0.25) is 5.10 Å². The predicted octanol–water partition coefficient (Wildman–Crippen LogP) is 5.95. The fourth-order valence-electron chi connectivity index (χ4n) is 5.16. The van der Waals surface area contributed by atoms with Crippen molar-refractivity contribution in [2.45, 2.75) is 58.0 Å². The smallest absolute Gasteiger partial charge is 0.335 e. The number of carboxylic acid groups (broad SMARTS) is 1. The van der Waals surface area contributed by atoms with Crippen molar-refractivity contribution in [3.05, 3.63) is 58.9 Å². The van der Waals surface area contributed by atoms with Gasteiger partial charge in [0, 0.05) is 28.1 Å². The number of hydrogen-bond donors (Lipinski definition) is 2. The minimum atomic E-state index is -1.25. The van der Waals surface area contributed by atoms with E-state index in [4.69, 9.17) is 4.74 Å². The lowest BCUT2D eigenvalue weighted by Gasteiger charge is -2.35. The number of aromatic nitrogens is 3. The summed E-state index contributed by atoms with van der Waals surface area (Å²) in [6.45, 7) is 7.54. The zero-order valence-corrected chi connectivity index (χ0v) is 19.6. The molecule has 1 fully saturated rings. The van der Waals surface area contributed by atoms with E-state index in [1.165, 1.54) is 6.07 Å². The maximum atomic E-state index is 16.0. The molecule has 2 atom stereocenters. The van der Waals surface area contributed by atoms with Gasteiger partial charge in [-0.2, -0.15) is 5.10 Å². The molecule has 0 aliphatic carbocycles. The molecule has 5 rings (SSSR count). The zero-order chi connectivity index (χ0) is 24.4. The number of aromatic amines is 1. The first kappa shape index (κ1) is 22.5. The Morgan fingerprint density at radius 2 is 2.09 bits per heavy atom. The number of carbonyl (C=O) groups is 1. The number of carboxylic acids is 1. The quantitative estimate of drug-likeness (QED) is 0.388. The molecule has 8 heteroatoms. The van der Waals surface area contributed by atoms with Crippen molar-refractivity contribution in [2.24, 2.45) is 0 Å². The second kappa shape index (κ2) is 7.91. The fraction of sp³-hybridized carbons (Fsp3) is 0.385. The molecule has 2 aromatic heterocycles. The van der Waals surface area contributed by atoms with Crippen LogP contribution in [-0.4, -0.2) is 38.0 Å². The van der Waals surface area contributed by atoms with E-state index in [1.54, 1.807) is 32.2 Å². The first-order chi connectivity index (χ1) is 16.1. The molecule has 6 nitrogen and oxygen atoms in total. The Morgan fingerprint density at radius 3 is 2.71 bits per heavy atom. The minimum absolute atomic E-state index is 0.0106. The monoisotopic (exact) mass is 467 g/mol. The number of nitrogens with one attached hydrogen (secondary N) is 1. The summed E-state index contributed by atoms with van der Waals surface area (Å²) < 4.78 is 38.0. The molecule has 1 aliphatic rings. The van der Waals surface area contributed by atoms with Crippen LogP contribution in [0.15, 0.2) is 30.5 Å². The Balaban J connectivity index is 1.82. The van der Waals surface area contributed by atoms with Crippen LogP contribution in [0.2, 0.25) is 0 Å². The summed E-state index contributed by atoms with van der Waals surface area (Å²) in [5.74, 6) is -1.87. The number of nitrogens with zero attached hydrogens (tertiary/aromatic N) is 2. The predicted molar refractivity (Wildman–Crippen MR) is 126 cm³/mol. The molecule has 0 radical (unpaired) electrons. The molecule has 3 heterocycles. The van der Waals surface area contributed by atoms with Gasteiger partial charge in [-0.15, -0.1) is 0 Å². The Kier molecular flexibility index (Phi) is 5.24. The van der Waals surface area contributed by atoms with Gasteiger partial charge in [0.2, 0.25) is 0 Å². The first-order valence-electron chi connectivity index (χ1n) is 11.5. The van der Waals surface area contributed by atoms with Crippen LogP contribution < -0.4 is 0 Å². The Bertz CT molecular complexity index is 1430. The second-order valence-corrected chi connectivity index (χ2v) is 9.72. The van der Waals surface area contributed by atoms with E-state index in [-0.39, 0.29) is 24.3 Å². The largest absolute Gasteiger partial charge is 0.479 e. The van der Waals surface area contributed by atoms with Gasteiger partial charge in [-0.05, 0) is 68.0 Å². The zero-order valence-electron chi connectivity index (χ0n) is 19.6. The van der Waals surface area contributed by atoms with Crippen LogP contribution >= 0.6 is 0 Å². The highest BCUT2D eigenvalue weighted by atomic mass is 19.1. The second-order valence-electron chi connectivity index (χ2n) is 9.72. The Hall–Kier alpha value is -3.26. The molecule has 0 spiro atoms. The van der Waals surface area contributed by atoms with Crippen molar-refractivity contribution >= 4 is 27.8 Å². The topological polar surface area (TPSA) is 80.1 Å². The van der Waals surface area contributed by atoms with Crippen LogP contribution in [0.1, 0.15) is 62.3 Å². The van der Waals surface area contributed by atoms with E-state index in [0.717, 1.165) is 16.9 Å². The van der Waals surface area contributed by atoms with Crippen molar-refractivity contribution in [1.29, 1.82) is 0 Å². The van der Waals surface area contributed by atoms with E-state index >= 15 is 4.39 Å². The van der Waals surface area contributed by atoms with E-state index < -0.39 is 17.4 Å². The van der Waals surface area contributed by atoms with Crippen LogP contribution in [0, 0.1) is 18.6 Å². The third kappa shape index (κ3) is 3.31. The van der Waals surface area contributed by atoms with E-state index in [9.17, 15) is 14.3 Å². The highest BCUT2D eigenvalue weighted by Crippen LogP contribution is 2.45. The fourth-order valence-corrected chi connectivity index (χ4v) is 5.16. The van der Waals surface area contributed by atoms with Gasteiger partial charge >= 0.3 is 5.97 Å². The lowest BCUT2D eigenvalue weighted by Crippen LogP contribution is -2.43. The Labute approximate surface area is 195 Å².